The Morgan fingerprint density at radius 1 is 1.14 bits per heavy atom. The lowest BCUT2D eigenvalue weighted by molar-refractivity contribution is 0.504. The van der Waals surface area contributed by atoms with Crippen molar-refractivity contribution in [2.75, 3.05) is 5.73 Å². The van der Waals surface area contributed by atoms with Crippen molar-refractivity contribution in [1.82, 2.24) is 9.55 Å². The Morgan fingerprint density at radius 2 is 1.71 bits per heavy atom. The smallest absolute Gasteiger partial charge is 0.132 e. The first-order valence-corrected chi connectivity index (χ1v) is 7.87. The van der Waals surface area contributed by atoms with Gasteiger partial charge in [-0.3, -0.25) is 0 Å². The molecule has 0 atom stereocenters. The highest BCUT2D eigenvalue weighted by atomic mass is 35.5. The number of halogens is 2. The third kappa shape index (κ3) is 2.77. The van der Waals surface area contributed by atoms with Gasteiger partial charge < -0.3 is 10.3 Å². The average Bonchev–Trinajstić information content (AvgIpc) is 3.10. The van der Waals surface area contributed by atoms with Crippen molar-refractivity contribution in [3.05, 3.63) is 34.1 Å². The monoisotopic (exact) mass is 323 g/mol. The summed E-state index contributed by atoms with van der Waals surface area (Å²) in [5, 5.41) is 1.19. The van der Waals surface area contributed by atoms with E-state index < -0.39 is 0 Å². The fourth-order valence-corrected chi connectivity index (χ4v) is 3.11. The maximum absolute atomic E-state index is 6.39. The molecule has 1 saturated carbocycles. The zero-order chi connectivity index (χ0) is 15.4. The van der Waals surface area contributed by atoms with Crippen molar-refractivity contribution in [3.63, 3.8) is 0 Å². The predicted octanol–water partition coefficient (Wildman–Crippen LogP) is 5.07. The molecule has 2 aromatic rings. The van der Waals surface area contributed by atoms with Crippen molar-refractivity contribution in [1.29, 1.82) is 0 Å². The molecule has 0 aliphatic heterocycles. The van der Waals surface area contributed by atoms with Crippen LogP contribution in [-0.2, 0) is 5.41 Å². The molecule has 3 nitrogen and oxygen atoms in total. The van der Waals surface area contributed by atoms with E-state index in [-0.39, 0.29) is 5.41 Å². The number of nitrogens with two attached hydrogens (primary N) is 1. The molecule has 112 valence electrons. The molecular weight excluding hydrogens is 305 g/mol. The van der Waals surface area contributed by atoms with Gasteiger partial charge in [0.15, 0.2) is 0 Å². The van der Waals surface area contributed by atoms with E-state index in [4.69, 9.17) is 33.9 Å². The van der Waals surface area contributed by atoms with Crippen LogP contribution in [0.2, 0.25) is 10.0 Å². The molecular formula is C16H19Cl2N3. The highest BCUT2D eigenvalue weighted by molar-refractivity contribution is 6.35. The lowest BCUT2D eigenvalue weighted by Gasteiger charge is -2.20. The number of hydrogen-bond acceptors (Lipinski definition) is 2. The van der Waals surface area contributed by atoms with Crippen LogP contribution >= 0.6 is 23.2 Å². The van der Waals surface area contributed by atoms with Gasteiger partial charge in [0.25, 0.3) is 0 Å². The van der Waals surface area contributed by atoms with Gasteiger partial charge in [0.2, 0.25) is 0 Å². The van der Waals surface area contributed by atoms with Gasteiger partial charge in [-0.15, -0.1) is 0 Å². The Morgan fingerprint density at radius 3 is 2.19 bits per heavy atom. The highest BCUT2D eigenvalue weighted by Crippen LogP contribution is 2.43. The summed E-state index contributed by atoms with van der Waals surface area (Å²) in [5.74, 6) is 1.73. The number of nitrogens with zero attached hydrogens (tertiary/aromatic N) is 2. The lowest BCUT2D eigenvalue weighted by Crippen LogP contribution is -2.19. The second-order valence-corrected chi connectivity index (χ2v) is 7.55. The fourth-order valence-electron chi connectivity index (χ4n) is 2.58. The van der Waals surface area contributed by atoms with Crippen LogP contribution in [0.3, 0.4) is 0 Å². The van der Waals surface area contributed by atoms with Crippen LogP contribution in [-0.4, -0.2) is 9.55 Å². The van der Waals surface area contributed by atoms with Gasteiger partial charge in [0.05, 0.1) is 0 Å². The van der Waals surface area contributed by atoms with E-state index in [9.17, 15) is 0 Å². The molecule has 0 bridgehead atoms. The molecule has 0 spiro atoms. The summed E-state index contributed by atoms with van der Waals surface area (Å²) >= 11 is 12.2. The van der Waals surface area contributed by atoms with Crippen LogP contribution in [0.25, 0.3) is 11.3 Å². The number of nitrogen functional groups attached to an aromatic ring is 1. The molecule has 1 aliphatic rings. The summed E-state index contributed by atoms with van der Waals surface area (Å²) in [6.07, 6.45) is 2.33. The first-order chi connectivity index (χ1) is 9.77. The maximum atomic E-state index is 6.39. The Bertz CT molecular complexity index is 674. The van der Waals surface area contributed by atoms with Gasteiger partial charge in [0.1, 0.15) is 17.3 Å². The van der Waals surface area contributed by atoms with Crippen LogP contribution in [0, 0.1) is 0 Å². The molecule has 21 heavy (non-hydrogen) atoms. The lowest BCUT2D eigenvalue weighted by atomic mass is 9.95. The minimum atomic E-state index is -0.0582. The Hall–Kier alpha value is -1.19. The Labute approximate surface area is 135 Å². The van der Waals surface area contributed by atoms with Gasteiger partial charge >= 0.3 is 0 Å². The summed E-state index contributed by atoms with van der Waals surface area (Å²) in [5.41, 5.74) is 7.97. The molecule has 1 fully saturated rings. The fraction of sp³-hybridized carbons (Fsp3) is 0.438. The highest BCUT2D eigenvalue weighted by Gasteiger charge is 2.34. The molecule has 1 aromatic carbocycles. The predicted molar refractivity (Wildman–Crippen MR) is 89.1 cm³/mol. The van der Waals surface area contributed by atoms with Gasteiger partial charge in [-0.1, -0.05) is 44.0 Å². The van der Waals surface area contributed by atoms with Crippen LogP contribution in [0.1, 0.15) is 45.5 Å². The van der Waals surface area contributed by atoms with Crippen molar-refractivity contribution < 1.29 is 0 Å². The van der Waals surface area contributed by atoms with Crippen LogP contribution in [0.4, 0.5) is 5.82 Å². The van der Waals surface area contributed by atoms with E-state index in [2.05, 4.69) is 25.3 Å². The van der Waals surface area contributed by atoms with Gasteiger partial charge in [0, 0.05) is 27.1 Å². The summed E-state index contributed by atoms with van der Waals surface area (Å²) in [7, 11) is 0. The second kappa shape index (κ2) is 4.92. The molecule has 1 aromatic heterocycles. The normalized spacial score (nSPS) is 15.5. The summed E-state index contributed by atoms with van der Waals surface area (Å²) in [6, 6.07) is 5.91. The molecule has 0 unspecified atom stereocenters. The summed E-state index contributed by atoms with van der Waals surface area (Å²) in [4.78, 5) is 4.82. The van der Waals surface area contributed by atoms with Crippen molar-refractivity contribution in [3.8, 4) is 11.3 Å². The zero-order valence-electron chi connectivity index (χ0n) is 12.5. The molecule has 1 heterocycles. The van der Waals surface area contributed by atoms with E-state index in [1.165, 1.54) is 12.8 Å². The van der Waals surface area contributed by atoms with E-state index in [0.717, 1.165) is 17.1 Å². The third-order valence-corrected chi connectivity index (χ3v) is 4.10. The molecule has 3 rings (SSSR count). The zero-order valence-corrected chi connectivity index (χ0v) is 14.0. The average molecular weight is 324 g/mol. The van der Waals surface area contributed by atoms with Crippen molar-refractivity contribution >= 4 is 29.0 Å². The van der Waals surface area contributed by atoms with Gasteiger partial charge in [-0.2, -0.15) is 0 Å². The first kappa shape index (κ1) is 14.7. The minimum Gasteiger partial charge on any atom is -0.383 e. The number of benzene rings is 1. The van der Waals surface area contributed by atoms with Crippen LogP contribution in [0.15, 0.2) is 18.2 Å². The standard InChI is InChI=1S/C16H19Cl2N3/c1-16(2,3)15-20-13(14(19)21(15)12-4-5-12)9-6-10(17)8-11(18)7-9/h6-8,12H,4-5,19H2,1-3H3. The molecule has 1 aliphatic carbocycles. The molecule has 0 saturated heterocycles. The largest absolute Gasteiger partial charge is 0.383 e. The minimum absolute atomic E-state index is 0.0582. The Balaban J connectivity index is 2.19. The summed E-state index contributed by atoms with van der Waals surface area (Å²) < 4.78 is 2.18. The SMILES string of the molecule is CC(C)(C)c1nc(-c2cc(Cl)cc(Cl)c2)c(N)n1C1CC1. The first-order valence-electron chi connectivity index (χ1n) is 7.12. The number of aromatic nitrogens is 2. The maximum Gasteiger partial charge on any atom is 0.132 e. The van der Waals surface area contributed by atoms with Crippen molar-refractivity contribution in [2.24, 2.45) is 0 Å². The number of imidazole rings is 1. The quantitative estimate of drug-likeness (QED) is 0.838. The Kier molecular flexibility index (Phi) is 3.45. The van der Waals surface area contributed by atoms with E-state index >= 15 is 0 Å². The van der Waals surface area contributed by atoms with E-state index in [0.29, 0.717) is 21.9 Å². The molecule has 2 N–H and O–H groups in total. The van der Waals surface area contributed by atoms with Crippen molar-refractivity contribution in [2.45, 2.75) is 45.1 Å². The summed E-state index contributed by atoms with van der Waals surface area (Å²) in [6.45, 7) is 6.47. The third-order valence-electron chi connectivity index (χ3n) is 3.67. The number of hydrogen-bond donors (Lipinski definition) is 1. The molecule has 5 heteroatoms. The van der Waals surface area contributed by atoms with E-state index in [1.807, 2.05) is 12.1 Å². The van der Waals surface area contributed by atoms with Gasteiger partial charge in [-0.25, -0.2) is 4.98 Å². The van der Waals surface area contributed by atoms with E-state index in [1.54, 1.807) is 6.07 Å². The number of rotatable bonds is 2. The van der Waals surface area contributed by atoms with Crippen LogP contribution in [0.5, 0.6) is 0 Å². The van der Waals surface area contributed by atoms with Crippen LogP contribution < -0.4 is 5.73 Å². The van der Waals surface area contributed by atoms with Gasteiger partial charge in [-0.05, 0) is 31.0 Å². The number of anilines is 1. The molecule has 0 radical (unpaired) electrons. The molecule has 0 amide bonds. The second-order valence-electron chi connectivity index (χ2n) is 6.68. The topological polar surface area (TPSA) is 43.8 Å².